The van der Waals surface area contributed by atoms with E-state index in [4.69, 9.17) is 20.3 Å². The van der Waals surface area contributed by atoms with Gasteiger partial charge in [0.1, 0.15) is 17.9 Å². The molecular formula is C13H19NO4. The van der Waals surface area contributed by atoms with Gasteiger partial charge in [-0.05, 0) is 31.5 Å². The predicted molar refractivity (Wildman–Crippen MR) is 67.1 cm³/mol. The van der Waals surface area contributed by atoms with E-state index in [0.29, 0.717) is 5.75 Å². The van der Waals surface area contributed by atoms with E-state index in [1.165, 1.54) is 0 Å². The van der Waals surface area contributed by atoms with Gasteiger partial charge in [0, 0.05) is 0 Å². The van der Waals surface area contributed by atoms with E-state index < -0.39 is 11.5 Å². The van der Waals surface area contributed by atoms with Crippen molar-refractivity contribution in [3.63, 3.8) is 0 Å². The van der Waals surface area contributed by atoms with Gasteiger partial charge in [-0.1, -0.05) is 12.1 Å². The zero-order valence-electron chi connectivity index (χ0n) is 10.7. The lowest BCUT2D eigenvalue weighted by molar-refractivity contribution is -0.150. The van der Waals surface area contributed by atoms with Gasteiger partial charge in [0.25, 0.3) is 0 Å². The van der Waals surface area contributed by atoms with E-state index >= 15 is 0 Å². The lowest BCUT2D eigenvalue weighted by Gasteiger charge is -2.22. The van der Waals surface area contributed by atoms with E-state index in [1.807, 2.05) is 0 Å². The van der Waals surface area contributed by atoms with Crippen molar-refractivity contribution in [2.75, 3.05) is 13.2 Å². The van der Waals surface area contributed by atoms with Crippen LogP contribution in [0.2, 0.25) is 0 Å². The molecule has 0 spiro atoms. The highest BCUT2D eigenvalue weighted by molar-refractivity contribution is 5.80. The van der Waals surface area contributed by atoms with Crippen molar-refractivity contribution in [2.45, 2.75) is 26.0 Å². The monoisotopic (exact) mass is 253 g/mol. The summed E-state index contributed by atoms with van der Waals surface area (Å²) in [4.78, 5) is 11.5. The van der Waals surface area contributed by atoms with Crippen molar-refractivity contribution < 1.29 is 19.4 Å². The van der Waals surface area contributed by atoms with Crippen LogP contribution in [0.5, 0.6) is 5.75 Å². The highest BCUT2D eigenvalue weighted by Gasteiger charge is 2.31. The molecule has 18 heavy (non-hydrogen) atoms. The van der Waals surface area contributed by atoms with Gasteiger partial charge in [-0.3, -0.25) is 0 Å². The third-order valence-electron chi connectivity index (χ3n) is 2.39. The number of benzene rings is 1. The average molecular weight is 253 g/mol. The number of esters is 1. The summed E-state index contributed by atoms with van der Waals surface area (Å²) in [7, 11) is 0. The summed E-state index contributed by atoms with van der Waals surface area (Å²) in [6, 6.07) is 6.92. The van der Waals surface area contributed by atoms with Crippen molar-refractivity contribution >= 4 is 5.97 Å². The SMILES string of the molecule is CCOC(=O)C(C)(N)COc1ccc(CO)cc1. The Hall–Kier alpha value is -1.59. The maximum atomic E-state index is 11.5. The van der Waals surface area contributed by atoms with Crippen LogP contribution in [-0.2, 0) is 16.1 Å². The minimum Gasteiger partial charge on any atom is -0.491 e. The Bertz CT molecular complexity index is 386. The van der Waals surface area contributed by atoms with E-state index in [1.54, 1.807) is 38.1 Å². The van der Waals surface area contributed by atoms with Crippen LogP contribution in [-0.4, -0.2) is 29.8 Å². The number of ether oxygens (including phenoxy) is 2. The molecule has 5 nitrogen and oxygen atoms in total. The maximum Gasteiger partial charge on any atom is 0.329 e. The smallest absolute Gasteiger partial charge is 0.329 e. The van der Waals surface area contributed by atoms with Gasteiger partial charge in [-0.25, -0.2) is 4.79 Å². The summed E-state index contributed by atoms with van der Waals surface area (Å²) >= 11 is 0. The number of hydrogen-bond donors (Lipinski definition) is 2. The second-order valence-corrected chi connectivity index (χ2v) is 4.23. The van der Waals surface area contributed by atoms with Crippen molar-refractivity contribution in [1.29, 1.82) is 0 Å². The molecule has 0 heterocycles. The molecule has 3 N–H and O–H groups in total. The highest BCUT2D eigenvalue weighted by atomic mass is 16.5. The quantitative estimate of drug-likeness (QED) is 0.734. The minimum atomic E-state index is -1.17. The number of carbonyl (C=O) groups is 1. The molecule has 1 aromatic rings. The molecule has 0 amide bonds. The van der Waals surface area contributed by atoms with Gasteiger partial charge < -0.3 is 20.3 Å². The number of carbonyl (C=O) groups excluding carboxylic acids is 1. The molecule has 0 aromatic heterocycles. The van der Waals surface area contributed by atoms with Gasteiger partial charge in [0.2, 0.25) is 0 Å². The van der Waals surface area contributed by atoms with Crippen LogP contribution >= 0.6 is 0 Å². The number of nitrogens with two attached hydrogens (primary N) is 1. The highest BCUT2D eigenvalue weighted by Crippen LogP contribution is 2.14. The second-order valence-electron chi connectivity index (χ2n) is 4.23. The molecule has 1 rings (SSSR count). The third-order valence-corrected chi connectivity index (χ3v) is 2.39. The fourth-order valence-electron chi connectivity index (χ4n) is 1.28. The average Bonchev–Trinajstić information content (AvgIpc) is 2.37. The minimum absolute atomic E-state index is 0.0162. The summed E-state index contributed by atoms with van der Waals surface area (Å²) in [5.74, 6) is 0.102. The molecule has 0 aliphatic carbocycles. The summed E-state index contributed by atoms with van der Waals surface area (Å²) < 4.78 is 10.3. The topological polar surface area (TPSA) is 81.8 Å². The Labute approximate surface area is 107 Å². The molecule has 1 aromatic carbocycles. The zero-order valence-corrected chi connectivity index (χ0v) is 10.7. The first kappa shape index (κ1) is 14.5. The van der Waals surface area contributed by atoms with Crippen LogP contribution in [0.1, 0.15) is 19.4 Å². The van der Waals surface area contributed by atoms with E-state index in [9.17, 15) is 4.79 Å². The third kappa shape index (κ3) is 4.01. The summed E-state index contributed by atoms with van der Waals surface area (Å²) in [5, 5.41) is 8.90. The fraction of sp³-hybridized carbons (Fsp3) is 0.462. The normalized spacial score (nSPS) is 13.8. The van der Waals surface area contributed by atoms with Crippen LogP contribution in [0.3, 0.4) is 0 Å². The van der Waals surface area contributed by atoms with Crippen molar-refractivity contribution in [1.82, 2.24) is 0 Å². The lowest BCUT2D eigenvalue weighted by atomic mass is 10.1. The molecule has 1 atom stereocenters. The zero-order chi connectivity index (χ0) is 13.6. The van der Waals surface area contributed by atoms with Gasteiger partial charge in [0.15, 0.2) is 0 Å². The van der Waals surface area contributed by atoms with Gasteiger partial charge in [0.05, 0.1) is 13.2 Å². The molecule has 5 heteroatoms. The second kappa shape index (κ2) is 6.37. The number of rotatable bonds is 6. The predicted octanol–water partition coefficient (Wildman–Crippen LogP) is 0.838. The summed E-state index contributed by atoms with van der Waals surface area (Å²) in [5.41, 5.74) is 5.43. The van der Waals surface area contributed by atoms with Gasteiger partial charge in [-0.15, -0.1) is 0 Å². The van der Waals surface area contributed by atoms with Crippen LogP contribution < -0.4 is 10.5 Å². The molecule has 0 aliphatic rings. The van der Waals surface area contributed by atoms with Crippen molar-refractivity contribution in [3.8, 4) is 5.75 Å². The molecule has 0 fully saturated rings. The molecule has 0 aliphatic heterocycles. The Kier molecular flexibility index (Phi) is 5.12. The molecular weight excluding hydrogens is 234 g/mol. The van der Waals surface area contributed by atoms with Crippen LogP contribution in [0.4, 0.5) is 0 Å². The largest absolute Gasteiger partial charge is 0.491 e. The lowest BCUT2D eigenvalue weighted by Crippen LogP contribution is -2.51. The van der Waals surface area contributed by atoms with E-state index in [2.05, 4.69) is 0 Å². The molecule has 0 bridgehead atoms. The van der Waals surface area contributed by atoms with Gasteiger partial charge in [-0.2, -0.15) is 0 Å². The van der Waals surface area contributed by atoms with Crippen molar-refractivity contribution in [2.24, 2.45) is 5.73 Å². The number of aliphatic hydroxyl groups is 1. The van der Waals surface area contributed by atoms with Crippen molar-refractivity contribution in [3.05, 3.63) is 29.8 Å². The van der Waals surface area contributed by atoms with E-state index in [-0.39, 0.29) is 19.8 Å². The van der Waals surface area contributed by atoms with Crippen LogP contribution in [0.25, 0.3) is 0 Å². The maximum absolute atomic E-state index is 11.5. The first-order valence-corrected chi connectivity index (χ1v) is 5.78. The Balaban J connectivity index is 2.55. The fourth-order valence-corrected chi connectivity index (χ4v) is 1.28. The molecule has 1 unspecified atom stereocenters. The summed E-state index contributed by atoms with van der Waals surface area (Å²) in [6.45, 7) is 3.59. The Morgan fingerprint density at radius 2 is 2.00 bits per heavy atom. The first-order chi connectivity index (χ1) is 8.49. The first-order valence-electron chi connectivity index (χ1n) is 5.78. The number of hydrogen-bond acceptors (Lipinski definition) is 5. The molecule has 100 valence electrons. The van der Waals surface area contributed by atoms with Crippen LogP contribution in [0.15, 0.2) is 24.3 Å². The van der Waals surface area contributed by atoms with Crippen LogP contribution in [0, 0.1) is 0 Å². The Morgan fingerprint density at radius 3 is 2.50 bits per heavy atom. The molecule has 0 radical (unpaired) electrons. The molecule has 0 saturated carbocycles. The standard InChI is InChI=1S/C13H19NO4/c1-3-17-12(16)13(2,14)9-18-11-6-4-10(8-15)5-7-11/h4-7,15H,3,8-9,14H2,1-2H3. The summed E-state index contributed by atoms with van der Waals surface area (Å²) in [6.07, 6.45) is 0. The van der Waals surface area contributed by atoms with Gasteiger partial charge >= 0.3 is 5.97 Å². The van der Waals surface area contributed by atoms with E-state index in [0.717, 1.165) is 5.56 Å². The Morgan fingerprint density at radius 1 is 1.39 bits per heavy atom. The number of aliphatic hydroxyl groups excluding tert-OH is 1. The molecule has 0 saturated heterocycles.